The van der Waals surface area contributed by atoms with E-state index in [1.54, 1.807) is 6.92 Å². The zero-order chi connectivity index (χ0) is 10.8. The normalized spacial score (nSPS) is 12.7. The number of halogens is 1. The molecule has 2 N–H and O–H groups in total. The highest BCUT2D eigenvalue weighted by Crippen LogP contribution is 2.22. The van der Waals surface area contributed by atoms with Crippen LogP contribution in [0.2, 0.25) is 5.02 Å². The van der Waals surface area contributed by atoms with Crippen molar-refractivity contribution in [2.24, 2.45) is 0 Å². The monoisotopic (exact) mass is 221 g/mol. The Morgan fingerprint density at radius 1 is 1.13 bits per heavy atom. The predicted molar refractivity (Wildman–Crippen MR) is 61.9 cm³/mol. The van der Waals surface area contributed by atoms with Crippen LogP contribution in [0.25, 0.3) is 11.3 Å². The highest BCUT2D eigenvalue weighted by molar-refractivity contribution is 6.30. The van der Waals surface area contributed by atoms with E-state index in [2.05, 4.69) is 4.98 Å². The van der Waals surface area contributed by atoms with Gasteiger partial charge in [0, 0.05) is 16.4 Å². The summed E-state index contributed by atoms with van der Waals surface area (Å²) in [6.45, 7) is 1.73. The summed E-state index contributed by atoms with van der Waals surface area (Å²) < 4.78 is 0. The van der Waals surface area contributed by atoms with Crippen molar-refractivity contribution in [3.8, 4) is 11.3 Å². The molecule has 0 spiro atoms. The van der Waals surface area contributed by atoms with Crippen LogP contribution in [-0.2, 0) is 0 Å². The molecular weight excluding hydrogens is 210 g/mol. The van der Waals surface area contributed by atoms with Gasteiger partial charge in [-0.1, -0.05) is 23.7 Å². The van der Waals surface area contributed by atoms with Crippen molar-refractivity contribution in [1.29, 1.82) is 0 Å². The molecule has 1 aromatic heterocycles. The number of nitrogens with one attached hydrogen (secondary N) is 1. The molecule has 0 aliphatic carbocycles. The smallest absolute Gasteiger partial charge is 0.0909 e. The molecule has 1 heterocycles. The summed E-state index contributed by atoms with van der Waals surface area (Å²) in [5.41, 5.74) is 2.87. The number of hydrogen-bond donors (Lipinski definition) is 2. The third kappa shape index (κ3) is 2.22. The largest absolute Gasteiger partial charge is 0.387 e. The SMILES string of the molecule is C[C@@H](O)c1ccc(-c2ccc(Cl)cc2)[nH]1. The Kier molecular flexibility index (Phi) is 2.80. The third-order valence-corrected chi connectivity index (χ3v) is 2.57. The molecular formula is C12H12ClNO. The van der Waals surface area contributed by atoms with Crippen LogP contribution < -0.4 is 0 Å². The van der Waals surface area contributed by atoms with Crippen molar-refractivity contribution in [2.45, 2.75) is 13.0 Å². The van der Waals surface area contributed by atoms with E-state index in [1.165, 1.54) is 0 Å². The maximum Gasteiger partial charge on any atom is 0.0909 e. The Balaban J connectivity index is 2.33. The standard InChI is InChI=1S/C12H12ClNO/c1-8(15)11-6-7-12(14-11)9-2-4-10(13)5-3-9/h2-8,14-15H,1H3/t8-/m1/s1. The summed E-state index contributed by atoms with van der Waals surface area (Å²) in [5.74, 6) is 0. The summed E-state index contributed by atoms with van der Waals surface area (Å²) in [5, 5.41) is 10.1. The number of rotatable bonds is 2. The van der Waals surface area contributed by atoms with Gasteiger partial charge in [-0.2, -0.15) is 0 Å². The minimum atomic E-state index is -0.467. The Labute approximate surface area is 93.5 Å². The summed E-state index contributed by atoms with van der Waals surface area (Å²) in [7, 11) is 0. The first-order valence-corrected chi connectivity index (χ1v) is 5.17. The molecule has 2 nitrogen and oxygen atoms in total. The van der Waals surface area contributed by atoms with Crippen molar-refractivity contribution < 1.29 is 5.11 Å². The molecule has 1 aromatic carbocycles. The number of H-pyrrole nitrogens is 1. The molecule has 1 atom stereocenters. The van der Waals surface area contributed by atoms with Gasteiger partial charge < -0.3 is 10.1 Å². The molecule has 0 radical (unpaired) electrons. The van der Waals surface area contributed by atoms with Crippen LogP contribution in [-0.4, -0.2) is 10.1 Å². The minimum absolute atomic E-state index is 0.467. The topological polar surface area (TPSA) is 36.0 Å². The van der Waals surface area contributed by atoms with E-state index in [-0.39, 0.29) is 0 Å². The fraction of sp³-hybridized carbons (Fsp3) is 0.167. The molecule has 2 rings (SSSR count). The second-order valence-electron chi connectivity index (χ2n) is 3.51. The first kappa shape index (κ1) is 10.3. The van der Waals surface area contributed by atoms with Gasteiger partial charge in [-0.15, -0.1) is 0 Å². The van der Waals surface area contributed by atoms with E-state index in [9.17, 15) is 5.11 Å². The number of aliphatic hydroxyl groups excluding tert-OH is 1. The number of hydrogen-bond acceptors (Lipinski definition) is 1. The van der Waals surface area contributed by atoms with E-state index in [4.69, 9.17) is 11.6 Å². The summed E-state index contributed by atoms with van der Waals surface area (Å²) in [6.07, 6.45) is -0.467. The molecule has 3 heteroatoms. The van der Waals surface area contributed by atoms with Crippen LogP contribution >= 0.6 is 11.6 Å². The molecule has 0 unspecified atom stereocenters. The fourth-order valence-corrected chi connectivity index (χ4v) is 1.58. The Morgan fingerprint density at radius 3 is 2.33 bits per heavy atom. The molecule has 0 amide bonds. The molecule has 15 heavy (non-hydrogen) atoms. The van der Waals surface area contributed by atoms with E-state index in [0.29, 0.717) is 0 Å². The van der Waals surface area contributed by atoms with E-state index in [0.717, 1.165) is 22.0 Å². The lowest BCUT2D eigenvalue weighted by molar-refractivity contribution is 0.195. The van der Waals surface area contributed by atoms with E-state index >= 15 is 0 Å². The lowest BCUT2D eigenvalue weighted by Crippen LogP contribution is -1.90. The van der Waals surface area contributed by atoms with Gasteiger partial charge in [-0.25, -0.2) is 0 Å². The molecule has 0 saturated carbocycles. The number of aromatic amines is 1. The molecule has 0 bridgehead atoms. The van der Waals surface area contributed by atoms with Gasteiger partial charge in [0.15, 0.2) is 0 Å². The average molecular weight is 222 g/mol. The molecule has 78 valence electrons. The quantitative estimate of drug-likeness (QED) is 0.801. The lowest BCUT2D eigenvalue weighted by Gasteiger charge is -2.01. The van der Waals surface area contributed by atoms with Gasteiger partial charge in [0.1, 0.15) is 0 Å². The van der Waals surface area contributed by atoms with Crippen LogP contribution in [0.4, 0.5) is 0 Å². The second-order valence-corrected chi connectivity index (χ2v) is 3.95. The number of benzene rings is 1. The molecule has 0 aliphatic rings. The summed E-state index contributed by atoms with van der Waals surface area (Å²) >= 11 is 5.80. The van der Waals surface area contributed by atoms with Gasteiger partial charge >= 0.3 is 0 Å². The van der Waals surface area contributed by atoms with Gasteiger partial charge in [0.25, 0.3) is 0 Å². The van der Waals surface area contributed by atoms with Crippen LogP contribution in [0.3, 0.4) is 0 Å². The highest BCUT2D eigenvalue weighted by atomic mass is 35.5. The summed E-state index contributed by atoms with van der Waals surface area (Å²) in [4.78, 5) is 3.16. The van der Waals surface area contributed by atoms with Crippen LogP contribution in [0.5, 0.6) is 0 Å². The van der Waals surface area contributed by atoms with Crippen molar-refractivity contribution in [2.75, 3.05) is 0 Å². The van der Waals surface area contributed by atoms with Crippen molar-refractivity contribution in [3.63, 3.8) is 0 Å². The maximum absolute atomic E-state index is 9.38. The summed E-state index contributed by atoms with van der Waals surface area (Å²) in [6, 6.07) is 11.4. The second kappa shape index (κ2) is 4.09. The maximum atomic E-state index is 9.38. The van der Waals surface area contributed by atoms with Gasteiger partial charge in [-0.05, 0) is 36.8 Å². The Morgan fingerprint density at radius 2 is 1.80 bits per heavy atom. The number of aromatic nitrogens is 1. The van der Waals surface area contributed by atoms with Crippen LogP contribution in [0, 0.1) is 0 Å². The van der Waals surface area contributed by atoms with Crippen molar-refractivity contribution in [1.82, 2.24) is 4.98 Å². The molecule has 0 saturated heterocycles. The minimum Gasteiger partial charge on any atom is -0.387 e. The fourth-order valence-electron chi connectivity index (χ4n) is 1.45. The van der Waals surface area contributed by atoms with Crippen molar-refractivity contribution in [3.05, 3.63) is 47.1 Å². The first-order valence-electron chi connectivity index (χ1n) is 4.80. The molecule has 2 aromatic rings. The Bertz CT molecular complexity index is 445. The number of aliphatic hydroxyl groups is 1. The van der Waals surface area contributed by atoms with Crippen molar-refractivity contribution >= 4 is 11.6 Å². The molecule has 0 aliphatic heterocycles. The Hall–Kier alpha value is -1.25. The van der Waals surface area contributed by atoms with Crippen LogP contribution in [0.1, 0.15) is 18.7 Å². The molecule has 0 fully saturated rings. The lowest BCUT2D eigenvalue weighted by atomic mass is 10.2. The van der Waals surface area contributed by atoms with Crippen LogP contribution in [0.15, 0.2) is 36.4 Å². The zero-order valence-electron chi connectivity index (χ0n) is 8.37. The van der Waals surface area contributed by atoms with Gasteiger partial charge in [-0.3, -0.25) is 0 Å². The predicted octanol–water partition coefficient (Wildman–Crippen LogP) is 3.39. The highest BCUT2D eigenvalue weighted by Gasteiger charge is 2.05. The van der Waals surface area contributed by atoms with E-state index < -0.39 is 6.10 Å². The zero-order valence-corrected chi connectivity index (χ0v) is 9.12. The van der Waals surface area contributed by atoms with Gasteiger partial charge in [0.2, 0.25) is 0 Å². The third-order valence-electron chi connectivity index (χ3n) is 2.31. The van der Waals surface area contributed by atoms with Gasteiger partial charge in [0.05, 0.1) is 6.10 Å². The van der Waals surface area contributed by atoms with E-state index in [1.807, 2.05) is 36.4 Å². The average Bonchev–Trinajstić information content (AvgIpc) is 2.68. The first-order chi connectivity index (χ1) is 7.16.